The molecule has 0 unspecified atom stereocenters. The maximum Gasteiger partial charge on any atom is 0.107 e. The third kappa shape index (κ3) is 3.09. The number of aromatic nitrogens is 2. The third-order valence-electron chi connectivity index (χ3n) is 2.13. The predicted octanol–water partition coefficient (Wildman–Crippen LogP) is 2.62. The van der Waals surface area contributed by atoms with Gasteiger partial charge in [0.25, 0.3) is 0 Å². The van der Waals surface area contributed by atoms with Crippen LogP contribution in [0, 0.1) is 0 Å². The normalized spacial score (nSPS) is 11.1. The second-order valence-electron chi connectivity index (χ2n) is 3.15. The first-order valence-electron chi connectivity index (χ1n) is 4.87. The molecule has 80 valence electrons. The molecule has 0 radical (unpaired) electrons. The van der Waals surface area contributed by atoms with Gasteiger partial charge in [-0.1, -0.05) is 6.92 Å². The summed E-state index contributed by atoms with van der Waals surface area (Å²) in [4.78, 5) is 10.9. The van der Waals surface area contributed by atoms with Gasteiger partial charge in [0.2, 0.25) is 0 Å². The fourth-order valence-electron chi connectivity index (χ4n) is 1.32. The highest BCUT2D eigenvalue weighted by Crippen LogP contribution is 2.12. The van der Waals surface area contributed by atoms with Gasteiger partial charge in [-0.25, -0.2) is 9.97 Å². The Morgan fingerprint density at radius 1 is 1.07 bits per heavy atom. The smallest absolute Gasteiger partial charge is 0.107 e. The van der Waals surface area contributed by atoms with Crippen molar-refractivity contribution in [3.63, 3.8) is 0 Å². The van der Waals surface area contributed by atoms with E-state index in [-0.39, 0.29) is 0 Å². The second-order valence-corrected chi connectivity index (χ2v) is 5.11. The Hall–Kier alpha value is -0.780. The molecule has 0 N–H and O–H groups in total. The number of rotatable bonds is 5. The molecule has 0 bridgehead atoms. The quantitative estimate of drug-likeness (QED) is 0.803. The van der Waals surface area contributed by atoms with Gasteiger partial charge in [-0.3, -0.25) is 4.90 Å². The maximum absolute atomic E-state index is 4.29. The van der Waals surface area contributed by atoms with Gasteiger partial charge in [0, 0.05) is 23.2 Å². The zero-order chi connectivity index (χ0) is 10.5. The molecule has 0 aliphatic heterocycles. The Morgan fingerprint density at radius 3 is 1.93 bits per heavy atom. The van der Waals surface area contributed by atoms with E-state index in [0.717, 1.165) is 19.6 Å². The van der Waals surface area contributed by atoms with Crippen molar-refractivity contribution in [3.8, 4) is 0 Å². The Balaban J connectivity index is 1.93. The fourth-order valence-corrected chi connectivity index (χ4v) is 2.64. The van der Waals surface area contributed by atoms with Crippen molar-refractivity contribution >= 4 is 22.7 Å². The molecule has 0 aliphatic rings. The highest BCUT2D eigenvalue weighted by molar-refractivity contribution is 7.09. The van der Waals surface area contributed by atoms with Crippen molar-refractivity contribution < 1.29 is 0 Å². The van der Waals surface area contributed by atoms with Gasteiger partial charge < -0.3 is 0 Å². The van der Waals surface area contributed by atoms with E-state index >= 15 is 0 Å². The van der Waals surface area contributed by atoms with Crippen LogP contribution in [0.15, 0.2) is 23.2 Å². The minimum Gasteiger partial charge on any atom is -0.290 e. The van der Waals surface area contributed by atoms with Crippen LogP contribution in [-0.4, -0.2) is 21.4 Å². The summed E-state index contributed by atoms with van der Waals surface area (Å²) < 4.78 is 0. The van der Waals surface area contributed by atoms with E-state index in [1.165, 1.54) is 10.0 Å². The minimum absolute atomic E-state index is 0.924. The zero-order valence-electron chi connectivity index (χ0n) is 8.59. The summed E-state index contributed by atoms with van der Waals surface area (Å²) in [5, 5.41) is 6.39. The van der Waals surface area contributed by atoms with Crippen LogP contribution in [0.4, 0.5) is 0 Å². The summed E-state index contributed by atoms with van der Waals surface area (Å²) in [5.41, 5.74) is 0. The molecule has 0 amide bonds. The number of thiazole rings is 2. The molecule has 0 spiro atoms. The first-order valence-corrected chi connectivity index (χ1v) is 6.63. The lowest BCUT2D eigenvalue weighted by Crippen LogP contribution is -2.22. The van der Waals surface area contributed by atoms with E-state index in [0.29, 0.717) is 0 Å². The highest BCUT2D eigenvalue weighted by atomic mass is 32.1. The molecule has 0 saturated carbocycles. The molecule has 5 heteroatoms. The molecular formula is C10H13N3S2. The summed E-state index contributed by atoms with van der Waals surface area (Å²) in [6.07, 6.45) is 3.72. The number of hydrogen-bond donors (Lipinski definition) is 0. The molecule has 3 nitrogen and oxygen atoms in total. The van der Waals surface area contributed by atoms with Gasteiger partial charge >= 0.3 is 0 Å². The maximum atomic E-state index is 4.29. The second kappa shape index (κ2) is 5.34. The summed E-state index contributed by atoms with van der Waals surface area (Å²) >= 11 is 3.42. The van der Waals surface area contributed by atoms with Crippen LogP contribution >= 0.6 is 22.7 Å². The largest absolute Gasteiger partial charge is 0.290 e. The van der Waals surface area contributed by atoms with Crippen LogP contribution in [0.2, 0.25) is 0 Å². The Kier molecular flexibility index (Phi) is 3.82. The molecule has 0 saturated heterocycles. The van der Waals surface area contributed by atoms with Gasteiger partial charge in [0.05, 0.1) is 13.1 Å². The van der Waals surface area contributed by atoms with Gasteiger partial charge in [0.15, 0.2) is 0 Å². The average Bonchev–Trinajstić information content (AvgIpc) is 2.89. The number of nitrogens with zero attached hydrogens (tertiary/aromatic N) is 3. The molecule has 0 aromatic carbocycles. The van der Waals surface area contributed by atoms with E-state index in [1.54, 1.807) is 22.7 Å². The minimum atomic E-state index is 0.924. The van der Waals surface area contributed by atoms with Gasteiger partial charge in [0.1, 0.15) is 10.0 Å². The first kappa shape index (κ1) is 10.7. The summed E-state index contributed by atoms with van der Waals surface area (Å²) in [7, 11) is 0. The SMILES string of the molecule is CCN(Cc1nccs1)Cc1nccs1. The lowest BCUT2D eigenvalue weighted by atomic mass is 10.4. The molecule has 2 heterocycles. The molecule has 2 rings (SSSR count). The standard InChI is InChI=1S/C10H13N3S2/c1-2-13(7-9-11-3-5-14-9)8-10-12-4-6-15-10/h3-6H,2,7-8H2,1H3. The van der Waals surface area contributed by atoms with Crippen molar-refractivity contribution in [1.82, 2.24) is 14.9 Å². The monoisotopic (exact) mass is 239 g/mol. The summed E-state index contributed by atoms with van der Waals surface area (Å²) in [6.45, 7) is 5.04. The molecule has 2 aromatic heterocycles. The van der Waals surface area contributed by atoms with Crippen LogP contribution in [0.1, 0.15) is 16.9 Å². The Bertz CT molecular complexity index is 333. The summed E-state index contributed by atoms with van der Waals surface area (Å²) in [5.74, 6) is 0. The molecule has 0 atom stereocenters. The van der Waals surface area contributed by atoms with Gasteiger partial charge in [-0.05, 0) is 6.54 Å². The molecule has 2 aromatic rings. The Labute approximate surface area is 97.4 Å². The number of hydrogen-bond acceptors (Lipinski definition) is 5. The van der Waals surface area contributed by atoms with Crippen LogP contribution in [0.25, 0.3) is 0 Å². The zero-order valence-corrected chi connectivity index (χ0v) is 10.2. The van der Waals surface area contributed by atoms with Crippen molar-refractivity contribution in [1.29, 1.82) is 0 Å². The Morgan fingerprint density at radius 2 is 1.60 bits per heavy atom. The first-order chi connectivity index (χ1) is 7.38. The highest BCUT2D eigenvalue weighted by Gasteiger charge is 2.07. The van der Waals surface area contributed by atoms with Gasteiger partial charge in [-0.15, -0.1) is 22.7 Å². The molecule has 15 heavy (non-hydrogen) atoms. The average molecular weight is 239 g/mol. The van der Waals surface area contributed by atoms with E-state index in [2.05, 4.69) is 21.8 Å². The molecule has 0 fully saturated rings. The van der Waals surface area contributed by atoms with Crippen molar-refractivity contribution in [3.05, 3.63) is 33.2 Å². The van der Waals surface area contributed by atoms with Gasteiger partial charge in [-0.2, -0.15) is 0 Å². The summed E-state index contributed by atoms with van der Waals surface area (Å²) in [6, 6.07) is 0. The van der Waals surface area contributed by atoms with Crippen LogP contribution in [-0.2, 0) is 13.1 Å². The van der Waals surface area contributed by atoms with Crippen molar-refractivity contribution in [2.24, 2.45) is 0 Å². The third-order valence-corrected chi connectivity index (χ3v) is 3.66. The topological polar surface area (TPSA) is 29.0 Å². The molecule has 0 aliphatic carbocycles. The van der Waals surface area contributed by atoms with E-state index in [9.17, 15) is 0 Å². The van der Waals surface area contributed by atoms with Crippen LogP contribution in [0.3, 0.4) is 0 Å². The fraction of sp³-hybridized carbons (Fsp3) is 0.400. The lowest BCUT2D eigenvalue weighted by Gasteiger charge is -2.17. The molecular weight excluding hydrogens is 226 g/mol. The predicted molar refractivity (Wildman–Crippen MR) is 64.0 cm³/mol. The van der Waals surface area contributed by atoms with E-state index in [1.807, 2.05) is 23.2 Å². The van der Waals surface area contributed by atoms with Crippen molar-refractivity contribution in [2.45, 2.75) is 20.0 Å². The van der Waals surface area contributed by atoms with Crippen molar-refractivity contribution in [2.75, 3.05) is 6.54 Å². The van der Waals surface area contributed by atoms with E-state index in [4.69, 9.17) is 0 Å². The van der Waals surface area contributed by atoms with E-state index < -0.39 is 0 Å². The van der Waals surface area contributed by atoms with Crippen LogP contribution < -0.4 is 0 Å². The van der Waals surface area contributed by atoms with Crippen LogP contribution in [0.5, 0.6) is 0 Å². The lowest BCUT2D eigenvalue weighted by molar-refractivity contribution is 0.270.